The highest BCUT2D eigenvalue weighted by Crippen LogP contribution is 2.20. The summed E-state index contributed by atoms with van der Waals surface area (Å²) in [7, 11) is 0. The summed E-state index contributed by atoms with van der Waals surface area (Å²) in [4.78, 5) is 1.31. The predicted octanol–water partition coefficient (Wildman–Crippen LogP) is 2.20. The summed E-state index contributed by atoms with van der Waals surface area (Å²) >= 11 is 9.55. The molecule has 0 amide bonds. The molecule has 1 aromatic rings. The van der Waals surface area contributed by atoms with Crippen LogP contribution in [0, 0.1) is 0 Å². The van der Waals surface area contributed by atoms with Crippen molar-refractivity contribution in [3.05, 3.63) is 21.3 Å². The maximum absolute atomic E-state index is 5.86. The quantitative estimate of drug-likeness (QED) is 0.870. The molecule has 2 N–H and O–H groups in total. The maximum atomic E-state index is 5.86. The standard InChI is InChI=1S/C10H15ClN2S2/c11-10-2-1-9(15-10)6-12-5-8-7-14-4-3-13-8/h1-2,8,12-13H,3-7H2. The number of rotatable bonds is 4. The fourth-order valence-corrected chi connectivity index (χ4v) is 3.57. The van der Waals surface area contributed by atoms with E-state index in [2.05, 4.69) is 16.7 Å². The van der Waals surface area contributed by atoms with Crippen LogP contribution in [0.1, 0.15) is 4.88 Å². The number of nitrogens with one attached hydrogen (secondary N) is 2. The van der Waals surface area contributed by atoms with Crippen molar-refractivity contribution in [2.75, 3.05) is 24.6 Å². The van der Waals surface area contributed by atoms with Gasteiger partial charge in [-0.15, -0.1) is 11.3 Å². The molecule has 0 saturated carbocycles. The molecule has 1 unspecified atom stereocenters. The first-order valence-electron chi connectivity index (χ1n) is 5.10. The van der Waals surface area contributed by atoms with Crippen LogP contribution in [0.2, 0.25) is 4.34 Å². The van der Waals surface area contributed by atoms with E-state index in [1.807, 2.05) is 17.8 Å². The van der Waals surface area contributed by atoms with Gasteiger partial charge in [0.2, 0.25) is 0 Å². The summed E-state index contributed by atoms with van der Waals surface area (Å²) in [6.07, 6.45) is 0. The first-order chi connectivity index (χ1) is 7.34. The molecule has 0 bridgehead atoms. The number of hydrogen-bond acceptors (Lipinski definition) is 4. The van der Waals surface area contributed by atoms with Crippen LogP contribution >= 0.6 is 34.7 Å². The van der Waals surface area contributed by atoms with Gasteiger partial charge >= 0.3 is 0 Å². The van der Waals surface area contributed by atoms with Crippen LogP contribution in [-0.4, -0.2) is 30.6 Å². The molecule has 1 saturated heterocycles. The lowest BCUT2D eigenvalue weighted by atomic mass is 10.3. The second-order valence-electron chi connectivity index (χ2n) is 3.56. The fraction of sp³-hybridized carbons (Fsp3) is 0.600. The summed E-state index contributed by atoms with van der Waals surface area (Å²) < 4.78 is 0.873. The third-order valence-corrected chi connectivity index (χ3v) is 4.68. The molecule has 0 spiro atoms. The van der Waals surface area contributed by atoms with Gasteiger partial charge in [0, 0.05) is 42.1 Å². The summed E-state index contributed by atoms with van der Waals surface area (Å²) in [5.74, 6) is 2.47. The Morgan fingerprint density at radius 2 is 2.47 bits per heavy atom. The largest absolute Gasteiger partial charge is 0.311 e. The van der Waals surface area contributed by atoms with Crippen molar-refractivity contribution in [1.82, 2.24) is 10.6 Å². The minimum atomic E-state index is 0.624. The Hall–Kier alpha value is 0.260. The zero-order chi connectivity index (χ0) is 10.5. The lowest BCUT2D eigenvalue weighted by Gasteiger charge is -2.23. The Labute approximate surface area is 104 Å². The maximum Gasteiger partial charge on any atom is 0.0931 e. The van der Waals surface area contributed by atoms with Crippen LogP contribution in [-0.2, 0) is 6.54 Å². The fourth-order valence-electron chi connectivity index (χ4n) is 1.57. The zero-order valence-electron chi connectivity index (χ0n) is 8.46. The molecule has 5 heteroatoms. The highest BCUT2D eigenvalue weighted by Gasteiger charge is 2.11. The van der Waals surface area contributed by atoms with Crippen LogP contribution in [0.4, 0.5) is 0 Å². The zero-order valence-corrected chi connectivity index (χ0v) is 10.9. The Morgan fingerprint density at radius 1 is 1.53 bits per heavy atom. The van der Waals surface area contributed by atoms with Gasteiger partial charge in [-0.05, 0) is 12.1 Å². The van der Waals surface area contributed by atoms with Gasteiger partial charge in [-0.1, -0.05) is 11.6 Å². The number of hydrogen-bond donors (Lipinski definition) is 2. The minimum Gasteiger partial charge on any atom is -0.311 e. The van der Waals surface area contributed by atoms with Crippen molar-refractivity contribution < 1.29 is 0 Å². The van der Waals surface area contributed by atoms with E-state index in [0.717, 1.165) is 24.0 Å². The topological polar surface area (TPSA) is 24.1 Å². The van der Waals surface area contributed by atoms with Crippen LogP contribution < -0.4 is 10.6 Å². The molecule has 15 heavy (non-hydrogen) atoms. The Balaban J connectivity index is 1.65. The summed E-state index contributed by atoms with van der Waals surface area (Å²) in [6.45, 7) is 3.12. The van der Waals surface area contributed by atoms with Gasteiger partial charge in [-0.2, -0.15) is 11.8 Å². The van der Waals surface area contributed by atoms with E-state index in [0.29, 0.717) is 6.04 Å². The molecule has 0 radical (unpaired) electrons. The van der Waals surface area contributed by atoms with E-state index in [1.54, 1.807) is 11.3 Å². The molecule has 2 nitrogen and oxygen atoms in total. The van der Waals surface area contributed by atoms with Crippen molar-refractivity contribution in [2.45, 2.75) is 12.6 Å². The number of thioether (sulfide) groups is 1. The Morgan fingerprint density at radius 3 is 3.13 bits per heavy atom. The normalized spacial score (nSPS) is 21.8. The summed E-state index contributed by atoms with van der Waals surface area (Å²) in [6, 6.07) is 4.67. The van der Waals surface area contributed by atoms with Gasteiger partial charge < -0.3 is 10.6 Å². The van der Waals surface area contributed by atoms with Crippen molar-refractivity contribution in [2.24, 2.45) is 0 Å². The first kappa shape index (κ1) is 11.7. The van der Waals surface area contributed by atoms with Gasteiger partial charge in [-0.25, -0.2) is 0 Å². The highest BCUT2D eigenvalue weighted by molar-refractivity contribution is 7.99. The molecule has 0 aromatic carbocycles. The van der Waals surface area contributed by atoms with Crippen LogP contribution in [0.3, 0.4) is 0 Å². The number of thiophene rings is 1. The first-order valence-corrected chi connectivity index (χ1v) is 7.45. The Kier molecular flexibility index (Phi) is 4.78. The van der Waals surface area contributed by atoms with E-state index < -0.39 is 0 Å². The third kappa shape index (κ3) is 3.96. The molecule has 1 aromatic heterocycles. The molecule has 0 aliphatic carbocycles. The van der Waals surface area contributed by atoms with E-state index in [1.165, 1.54) is 16.4 Å². The summed E-state index contributed by atoms with van der Waals surface area (Å²) in [5.41, 5.74) is 0. The van der Waals surface area contributed by atoms with Gasteiger partial charge in [0.25, 0.3) is 0 Å². The second-order valence-corrected chi connectivity index (χ2v) is 6.51. The molecule has 2 heterocycles. The van der Waals surface area contributed by atoms with Crippen molar-refractivity contribution in [3.63, 3.8) is 0 Å². The van der Waals surface area contributed by atoms with Crippen molar-refractivity contribution in [3.8, 4) is 0 Å². The van der Waals surface area contributed by atoms with Crippen LogP contribution in [0.5, 0.6) is 0 Å². The molecule has 84 valence electrons. The molecule has 2 rings (SSSR count). The predicted molar refractivity (Wildman–Crippen MR) is 70.2 cm³/mol. The smallest absolute Gasteiger partial charge is 0.0931 e. The van der Waals surface area contributed by atoms with Gasteiger partial charge in [0.15, 0.2) is 0 Å². The molecule has 1 atom stereocenters. The molecule has 1 aliphatic rings. The second kappa shape index (κ2) is 6.11. The molecular weight excluding hydrogens is 248 g/mol. The van der Waals surface area contributed by atoms with E-state index in [9.17, 15) is 0 Å². The van der Waals surface area contributed by atoms with Crippen molar-refractivity contribution in [1.29, 1.82) is 0 Å². The monoisotopic (exact) mass is 262 g/mol. The van der Waals surface area contributed by atoms with Gasteiger partial charge in [-0.3, -0.25) is 0 Å². The number of halogens is 1. The molecular formula is C10H15ClN2S2. The minimum absolute atomic E-state index is 0.624. The van der Waals surface area contributed by atoms with E-state index in [4.69, 9.17) is 11.6 Å². The van der Waals surface area contributed by atoms with E-state index >= 15 is 0 Å². The molecule has 1 aliphatic heterocycles. The van der Waals surface area contributed by atoms with Crippen LogP contribution in [0.25, 0.3) is 0 Å². The van der Waals surface area contributed by atoms with Gasteiger partial charge in [0.05, 0.1) is 4.34 Å². The average molecular weight is 263 g/mol. The highest BCUT2D eigenvalue weighted by atomic mass is 35.5. The lowest BCUT2D eigenvalue weighted by Crippen LogP contribution is -2.44. The van der Waals surface area contributed by atoms with Crippen LogP contribution in [0.15, 0.2) is 12.1 Å². The third-order valence-electron chi connectivity index (χ3n) is 2.32. The lowest BCUT2D eigenvalue weighted by molar-refractivity contribution is 0.515. The molecule has 1 fully saturated rings. The SMILES string of the molecule is Clc1ccc(CNCC2CSCCN2)s1. The van der Waals surface area contributed by atoms with Crippen molar-refractivity contribution >= 4 is 34.7 Å². The average Bonchev–Trinajstić information content (AvgIpc) is 2.66. The van der Waals surface area contributed by atoms with Gasteiger partial charge in [0.1, 0.15) is 0 Å². The van der Waals surface area contributed by atoms with E-state index in [-0.39, 0.29) is 0 Å². The Bertz CT molecular complexity index is 297. The summed E-state index contributed by atoms with van der Waals surface area (Å²) in [5, 5.41) is 6.97.